The quantitative estimate of drug-likeness (QED) is 0.667. The lowest BCUT2D eigenvalue weighted by Gasteiger charge is -2.47. The van der Waals surface area contributed by atoms with Crippen molar-refractivity contribution in [3.8, 4) is 0 Å². The number of hydrogen-bond donors (Lipinski definition) is 0. The van der Waals surface area contributed by atoms with Crippen LogP contribution in [0.3, 0.4) is 0 Å². The van der Waals surface area contributed by atoms with E-state index in [2.05, 4.69) is 69.2 Å². The molecule has 0 saturated carbocycles. The van der Waals surface area contributed by atoms with E-state index in [0.29, 0.717) is 5.78 Å². The topological polar surface area (TPSA) is 17.1 Å². The van der Waals surface area contributed by atoms with Gasteiger partial charge in [-0.1, -0.05) is 69.2 Å². The lowest BCUT2D eigenvalue weighted by molar-refractivity contribution is -0.147. The van der Waals surface area contributed by atoms with Crippen LogP contribution in [-0.2, 0) is 4.79 Å². The molecular weight excluding hydrogens is 196 g/mol. The highest BCUT2D eigenvalue weighted by Crippen LogP contribution is 2.49. The van der Waals surface area contributed by atoms with Crippen LogP contribution in [0.2, 0.25) is 0 Å². The highest BCUT2D eigenvalue weighted by molar-refractivity contribution is 5.90. The zero-order valence-corrected chi connectivity index (χ0v) is 12.9. The molecule has 0 rings (SSSR count). The fourth-order valence-corrected chi connectivity index (χ4v) is 1.46. The molecule has 0 fully saturated rings. The van der Waals surface area contributed by atoms with Gasteiger partial charge in [0.15, 0.2) is 0 Å². The molecule has 0 aliphatic carbocycles. The molecule has 0 aliphatic rings. The van der Waals surface area contributed by atoms with E-state index in [-0.39, 0.29) is 21.7 Å². The predicted molar refractivity (Wildman–Crippen MR) is 71.5 cm³/mol. The van der Waals surface area contributed by atoms with Gasteiger partial charge in [-0.3, -0.25) is 4.79 Å². The van der Waals surface area contributed by atoms with Gasteiger partial charge in [0.1, 0.15) is 5.78 Å². The van der Waals surface area contributed by atoms with Crippen molar-refractivity contribution in [2.24, 2.45) is 21.7 Å². The first-order valence-electron chi connectivity index (χ1n) is 6.20. The van der Waals surface area contributed by atoms with Gasteiger partial charge in [-0.15, -0.1) is 0 Å². The van der Waals surface area contributed by atoms with Gasteiger partial charge in [0, 0.05) is 10.8 Å². The second-order valence-electron chi connectivity index (χ2n) is 8.08. The first-order valence-corrected chi connectivity index (χ1v) is 6.20. The molecule has 0 amide bonds. The van der Waals surface area contributed by atoms with E-state index in [1.807, 2.05) is 0 Å². The van der Waals surface area contributed by atoms with Crippen LogP contribution in [0.1, 0.15) is 69.2 Å². The summed E-state index contributed by atoms with van der Waals surface area (Å²) in [5.41, 5.74) is -0.618. The van der Waals surface area contributed by atoms with E-state index >= 15 is 0 Å². The Kier molecular flexibility index (Phi) is 3.77. The summed E-state index contributed by atoms with van der Waals surface area (Å²) in [7, 11) is 0. The van der Waals surface area contributed by atoms with Crippen LogP contribution in [0.15, 0.2) is 0 Å². The van der Waals surface area contributed by atoms with Gasteiger partial charge in [-0.2, -0.15) is 0 Å². The minimum absolute atomic E-state index is 0.00734. The van der Waals surface area contributed by atoms with Crippen molar-refractivity contribution in [1.29, 1.82) is 0 Å². The van der Waals surface area contributed by atoms with Crippen LogP contribution in [-0.4, -0.2) is 5.78 Å². The summed E-state index contributed by atoms with van der Waals surface area (Å²) in [5.74, 6) is 0.361. The van der Waals surface area contributed by atoms with E-state index in [9.17, 15) is 4.79 Å². The molecule has 1 nitrogen and oxygen atoms in total. The third-order valence-corrected chi connectivity index (χ3v) is 4.89. The molecule has 0 aromatic heterocycles. The normalized spacial score (nSPS) is 15.1. The van der Waals surface area contributed by atoms with Crippen LogP contribution in [0, 0.1) is 21.7 Å². The van der Waals surface area contributed by atoms with E-state index in [0.717, 1.165) is 0 Å². The van der Waals surface area contributed by atoms with Gasteiger partial charge >= 0.3 is 0 Å². The standard InChI is InChI=1S/C15H30O/c1-12(2,3)14(7,8)11(16)15(9,10)13(4,5)6/h1-10H3. The number of hydrogen-bond acceptors (Lipinski definition) is 1. The third kappa shape index (κ3) is 2.49. The van der Waals surface area contributed by atoms with Crippen molar-refractivity contribution >= 4 is 5.78 Å². The SMILES string of the molecule is CC(C)(C)C(C)(C)C(=O)C(C)(C)C(C)(C)C. The number of rotatable bonds is 2. The molecule has 0 saturated heterocycles. The Balaban J connectivity index is 5.40. The Labute approximate surface area is 102 Å². The maximum atomic E-state index is 12.8. The molecule has 0 N–H and O–H groups in total. The highest BCUT2D eigenvalue weighted by atomic mass is 16.1. The van der Waals surface area contributed by atoms with Gasteiger partial charge in [0.05, 0.1) is 0 Å². The first-order chi connectivity index (χ1) is 6.65. The maximum absolute atomic E-state index is 12.8. The summed E-state index contributed by atoms with van der Waals surface area (Å²) < 4.78 is 0. The van der Waals surface area contributed by atoms with Gasteiger partial charge in [0.25, 0.3) is 0 Å². The zero-order valence-electron chi connectivity index (χ0n) is 12.9. The summed E-state index contributed by atoms with van der Waals surface area (Å²) in [6, 6.07) is 0. The molecule has 0 spiro atoms. The van der Waals surface area contributed by atoms with Crippen LogP contribution in [0.4, 0.5) is 0 Å². The fraction of sp³-hybridized carbons (Fsp3) is 0.933. The molecule has 0 atom stereocenters. The number of carbonyl (C=O) groups is 1. The van der Waals surface area contributed by atoms with Gasteiger partial charge < -0.3 is 0 Å². The minimum atomic E-state index is -0.302. The molecule has 96 valence electrons. The van der Waals surface area contributed by atoms with Crippen molar-refractivity contribution in [3.63, 3.8) is 0 Å². The Bertz CT molecular complexity index is 241. The summed E-state index contributed by atoms with van der Waals surface area (Å²) in [4.78, 5) is 12.8. The van der Waals surface area contributed by atoms with Crippen molar-refractivity contribution in [2.75, 3.05) is 0 Å². The summed E-state index contributed by atoms with van der Waals surface area (Å²) in [6.07, 6.45) is 0. The molecule has 0 aromatic rings. The number of Topliss-reactive ketones (excluding diaryl/α,β-unsaturated/α-hetero) is 1. The van der Waals surface area contributed by atoms with E-state index in [1.54, 1.807) is 0 Å². The van der Waals surface area contributed by atoms with E-state index < -0.39 is 0 Å². The van der Waals surface area contributed by atoms with E-state index in [4.69, 9.17) is 0 Å². The molecule has 0 radical (unpaired) electrons. The Morgan fingerprint density at radius 3 is 0.875 bits per heavy atom. The molecule has 16 heavy (non-hydrogen) atoms. The monoisotopic (exact) mass is 226 g/mol. The van der Waals surface area contributed by atoms with Gasteiger partial charge in [0.2, 0.25) is 0 Å². The van der Waals surface area contributed by atoms with E-state index in [1.165, 1.54) is 0 Å². The first kappa shape index (κ1) is 15.7. The fourth-order valence-electron chi connectivity index (χ4n) is 1.46. The summed E-state index contributed by atoms with van der Waals surface area (Å²) in [6.45, 7) is 21.1. The molecule has 0 aromatic carbocycles. The third-order valence-electron chi connectivity index (χ3n) is 4.89. The average molecular weight is 226 g/mol. The van der Waals surface area contributed by atoms with Crippen molar-refractivity contribution < 1.29 is 4.79 Å². The second kappa shape index (κ2) is 3.85. The minimum Gasteiger partial charge on any atom is -0.298 e. The Hall–Kier alpha value is -0.330. The molecule has 0 unspecified atom stereocenters. The lowest BCUT2D eigenvalue weighted by atomic mass is 9.55. The average Bonchev–Trinajstić information content (AvgIpc) is 1.98. The summed E-state index contributed by atoms with van der Waals surface area (Å²) in [5, 5.41) is 0. The molecule has 0 bridgehead atoms. The smallest absolute Gasteiger partial charge is 0.145 e. The highest BCUT2D eigenvalue weighted by Gasteiger charge is 2.50. The van der Waals surface area contributed by atoms with Crippen LogP contribution >= 0.6 is 0 Å². The Morgan fingerprint density at radius 2 is 0.750 bits per heavy atom. The second-order valence-corrected chi connectivity index (χ2v) is 8.08. The lowest BCUT2D eigenvalue weighted by Crippen LogP contribution is -2.49. The number of carbonyl (C=O) groups excluding carboxylic acids is 1. The summed E-state index contributed by atoms with van der Waals surface area (Å²) >= 11 is 0. The van der Waals surface area contributed by atoms with Crippen molar-refractivity contribution in [1.82, 2.24) is 0 Å². The van der Waals surface area contributed by atoms with Crippen LogP contribution in [0.5, 0.6) is 0 Å². The largest absolute Gasteiger partial charge is 0.298 e. The molecule has 1 heteroatoms. The van der Waals surface area contributed by atoms with Crippen LogP contribution in [0.25, 0.3) is 0 Å². The van der Waals surface area contributed by atoms with Gasteiger partial charge in [-0.25, -0.2) is 0 Å². The predicted octanol–water partition coefficient (Wildman–Crippen LogP) is 4.70. The molecule has 0 heterocycles. The zero-order chi connectivity index (χ0) is 13.6. The maximum Gasteiger partial charge on any atom is 0.145 e. The van der Waals surface area contributed by atoms with Crippen molar-refractivity contribution in [3.05, 3.63) is 0 Å². The molecular formula is C15H30O. The van der Waals surface area contributed by atoms with Crippen LogP contribution < -0.4 is 0 Å². The number of ketones is 1. The molecule has 0 aliphatic heterocycles. The Morgan fingerprint density at radius 1 is 0.562 bits per heavy atom. The van der Waals surface area contributed by atoms with Crippen molar-refractivity contribution in [2.45, 2.75) is 69.2 Å². The van der Waals surface area contributed by atoms with Gasteiger partial charge in [-0.05, 0) is 10.8 Å².